The molecule has 0 aromatic heterocycles. The van der Waals surface area contributed by atoms with Crippen molar-refractivity contribution in [2.45, 2.75) is 79.1 Å². The smallest absolute Gasteiger partial charge is 0.127 e. The highest BCUT2D eigenvalue weighted by Crippen LogP contribution is 2.51. The van der Waals surface area contributed by atoms with E-state index in [4.69, 9.17) is 9.47 Å². The lowest BCUT2D eigenvalue weighted by atomic mass is 9.97. The van der Waals surface area contributed by atoms with Gasteiger partial charge in [-0.05, 0) is 73.2 Å². The Balaban J connectivity index is 1.59. The molecular weight excluding hydrogens is 540 g/mol. The number of rotatable bonds is 16. The van der Waals surface area contributed by atoms with Crippen LogP contribution in [0.25, 0.3) is 22.3 Å². The quantitative estimate of drug-likeness (QED) is 0.121. The first-order chi connectivity index (χ1) is 21.7. The Bertz CT molecular complexity index is 1380. The van der Waals surface area contributed by atoms with E-state index in [1.165, 1.54) is 33.9 Å². The number of para-hydroxylation sites is 2. The van der Waals surface area contributed by atoms with Crippen LogP contribution in [0, 0.1) is 0 Å². The number of anilines is 4. The Labute approximate surface area is 265 Å². The van der Waals surface area contributed by atoms with Crippen LogP contribution in [0.1, 0.15) is 79.1 Å². The molecule has 0 bridgehead atoms. The lowest BCUT2D eigenvalue weighted by Crippen LogP contribution is -2.31. The summed E-state index contributed by atoms with van der Waals surface area (Å²) >= 11 is 0. The van der Waals surface area contributed by atoms with Crippen LogP contribution >= 0.6 is 0 Å². The summed E-state index contributed by atoms with van der Waals surface area (Å²) in [6.07, 6.45) is 8.92. The van der Waals surface area contributed by atoms with E-state index < -0.39 is 0 Å². The lowest BCUT2D eigenvalue weighted by molar-refractivity contribution is 0.310. The molecule has 4 aromatic rings. The van der Waals surface area contributed by atoms with Gasteiger partial charge >= 0.3 is 0 Å². The molecule has 5 rings (SSSR count). The highest BCUT2D eigenvalue weighted by Gasteiger charge is 2.29. The summed E-state index contributed by atoms with van der Waals surface area (Å²) in [7, 11) is 0. The van der Waals surface area contributed by atoms with Gasteiger partial charge in [-0.25, -0.2) is 0 Å². The van der Waals surface area contributed by atoms with Gasteiger partial charge in [0.05, 0.1) is 36.0 Å². The molecule has 4 nitrogen and oxygen atoms in total. The molecule has 4 aromatic carbocycles. The van der Waals surface area contributed by atoms with Gasteiger partial charge in [-0.2, -0.15) is 0 Å². The van der Waals surface area contributed by atoms with Crippen molar-refractivity contribution in [2.75, 3.05) is 36.1 Å². The molecule has 4 heteroatoms. The average molecular weight is 591 g/mol. The number of ether oxygens (including phenoxy) is 2. The first kappa shape index (κ1) is 31.5. The molecule has 0 unspecified atom stereocenters. The molecule has 44 heavy (non-hydrogen) atoms. The standard InChI is InChI=1S/C40H50N2O2/c1-5-9-25-41-35-23-21-32(34-18-14-16-20-40(34)44-28-12-8-4)30-38(35)42(26-10-6-2)36-24-22-31(29-37(36)41)33-17-13-15-19-39(33)43-27-11-7-3/h13-24,29-30H,5-12,25-28H2,1-4H3. The summed E-state index contributed by atoms with van der Waals surface area (Å²) in [6, 6.07) is 31.0. The maximum absolute atomic E-state index is 6.26. The Morgan fingerprint density at radius 1 is 0.455 bits per heavy atom. The van der Waals surface area contributed by atoms with E-state index in [9.17, 15) is 0 Å². The number of fused-ring (bicyclic) bond motifs is 2. The molecule has 0 fully saturated rings. The van der Waals surface area contributed by atoms with Gasteiger partial charge in [-0.3, -0.25) is 0 Å². The summed E-state index contributed by atoms with van der Waals surface area (Å²) in [6.45, 7) is 12.4. The third-order valence-corrected chi connectivity index (χ3v) is 8.49. The molecule has 0 N–H and O–H groups in total. The second-order valence-electron chi connectivity index (χ2n) is 11.8. The zero-order valence-electron chi connectivity index (χ0n) is 27.3. The minimum absolute atomic E-state index is 0.744. The highest BCUT2D eigenvalue weighted by atomic mass is 16.5. The zero-order valence-corrected chi connectivity index (χ0v) is 27.3. The summed E-state index contributed by atoms with van der Waals surface area (Å²) in [5, 5.41) is 0. The Morgan fingerprint density at radius 3 is 1.27 bits per heavy atom. The zero-order chi connectivity index (χ0) is 30.7. The minimum Gasteiger partial charge on any atom is -0.493 e. The van der Waals surface area contributed by atoms with Gasteiger partial charge in [0.25, 0.3) is 0 Å². The van der Waals surface area contributed by atoms with E-state index in [1.54, 1.807) is 0 Å². The van der Waals surface area contributed by atoms with Gasteiger partial charge in [0, 0.05) is 24.2 Å². The Kier molecular flexibility index (Phi) is 11.2. The summed E-state index contributed by atoms with van der Waals surface area (Å²) in [5.74, 6) is 1.93. The largest absolute Gasteiger partial charge is 0.493 e. The molecule has 0 saturated carbocycles. The Hall–Kier alpha value is -3.92. The molecule has 1 aliphatic heterocycles. The fourth-order valence-electron chi connectivity index (χ4n) is 5.96. The molecule has 0 radical (unpaired) electrons. The second-order valence-corrected chi connectivity index (χ2v) is 11.8. The molecule has 1 heterocycles. The SMILES string of the molecule is CCCCOc1ccccc1-c1ccc2c(c1)N(CCCC)c1ccc(-c3ccccc3OCCCC)cc1N2CCCC. The van der Waals surface area contributed by atoms with Crippen LogP contribution in [0.15, 0.2) is 84.9 Å². The van der Waals surface area contributed by atoms with Crippen molar-refractivity contribution in [1.82, 2.24) is 0 Å². The number of benzene rings is 4. The minimum atomic E-state index is 0.744. The number of hydrogen-bond acceptors (Lipinski definition) is 4. The van der Waals surface area contributed by atoms with Crippen molar-refractivity contribution in [1.29, 1.82) is 0 Å². The number of hydrogen-bond donors (Lipinski definition) is 0. The van der Waals surface area contributed by atoms with Gasteiger partial charge in [-0.15, -0.1) is 0 Å². The molecule has 0 atom stereocenters. The van der Waals surface area contributed by atoms with Crippen LogP contribution in [-0.2, 0) is 0 Å². The average Bonchev–Trinajstić information content (AvgIpc) is 3.06. The maximum Gasteiger partial charge on any atom is 0.127 e. The van der Waals surface area contributed by atoms with Crippen molar-refractivity contribution >= 4 is 22.7 Å². The van der Waals surface area contributed by atoms with E-state index in [2.05, 4.69) is 122 Å². The van der Waals surface area contributed by atoms with Gasteiger partial charge in [0.2, 0.25) is 0 Å². The van der Waals surface area contributed by atoms with Gasteiger partial charge < -0.3 is 19.3 Å². The van der Waals surface area contributed by atoms with E-state index in [0.717, 1.165) is 100 Å². The van der Waals surface area contributed by atoms with Crippen LogP contribution in [0.2, 0.25) is 0 Å². The van der Waals surface area contributed by atoms with Crippen molar-refractivity contribution < 1.29 is 9.47 Å². The molecule has 1 aliphatic rings. The van der Waals surface area contributed by atoms with E-state index >= 15 is 0 Å². The predicted molar refractivity (Wildman–Crippen MR) is 188 cm³/mol. The van der Waals surface area contributed by atoms with E-state index in [0.29, 0.717) is 0 Å². The van der Waals surface area contributed by atoms with Gasteiger partial charge in [0.15, 0.2) is 0 Å². The summed E-state index contributed by atoms with van der Waals surface area (Å²) < 4.78 is 12.5. The van der Waals surface area contributed by atoms with Crippen LogP contribution in [0.4, 0.5) is 22.7 Å². The van der Waals surface area contributed by atoms with Gasteiger partial charge in [0.1, 0.15) is 11.5 Å². The third-order valence-electron chi connectivity index (χ3n) is 8.49. The maximum atomic E-state index is 6.26. The molecular formula is C40H50N2O2. The normalized spacial score (nSPS) is 12.2. The van der Waals surface area contributed by atoms with Crippen molar-refractivity contribution in [3.05, 3.63) is 84.9 Å². The lowest BCUT2D eigenvalue weighted by Gasteiger charge is -2.41. The predicted octanol–water partition coefficient (Wildman–Crippen LogP) is 11.6. The monoisotopic (exact) mass is 590 g/mol. The molecule has 0 aliphatic carbocycles. The van der Waals surface area contributed by atoms with E-state index in [1.807, 2.05) is 0 Å². The van der Waals surface area contributed by atoms with Gasteiger partial charge in [-0.1, -0.05) is 102 Å². The van der Waals surface area contributed by atoms with Crippen LogP contribution in [0.3, 0.4) is 0 Å². The topological polar surface area (TPSA) is 24.9 Å². The first-order valence-electron chi connectivity index (χ1n) is 17.0. The van der Waals surface area contributed by atoms with Crippen molar-refractivity contribution in [3.63, 3.8) is 0 Å². The van der Waals surface area contributed by atoms with E-state index in [-0.39, 0.29) is 0 Å². The third kappa shape index (κ3) is 7.07. The highest BCUT2D eigenvalue weighted by molar-refractivity contribution is 5.97. The summed E-state index contributed by atoms with van der Waals surface area (Å²) in [4.78, 5) is 5.10. The van der Waals surface area contributed by atoms with Crippen molar-refractivity contribution in [2.24, 2.45) is 0 Å². The van der Waals surface area contributed by atoms with Crippen molar-refractivity contribution in [3.8, 4) is 33.8 Å². The summed E-state index contributed by atoms with van der Waals surface area (Å²) in [5.41, 5.74) is 9.82. The van der Waals surface area contributed by atoms with Crippen LogP contribution in [0.5, 0.6) is 11.5 Å². The molecule has 0 saturated heterocycles. The van der Waals surface area contributed by atoms with Crippen LogP contribution < -0.4 is 19.3 Å². The van der Waals surface area contributed by atoms with Crippen LogP contribution in [-0.4, -0.2) is 26.3 Å². The molecule has 0 amide bonds. The fourth-order valence-corrected chi connectivity index (χ4v) is 5.96. The first-order valence-corrected chi connectivity index (χ1v) is 17.0. The Morgan fingerprint density at radius 2 is 0.864 bits per heavy atom. The molecule has 232 valence electrons. The molecule has 0 spiro atoms. The number of unbranched alkanes of at least 4 members (excludes halogenated alkanes) is 4. The second kappa shape index (κ2) is 15.7. The number of nitrogens with zero attached hydrogens (tertiary/aromatic N) is 2. The fraction of sp³-hybridized carbons (Fsp3) is 0.400.